The molecule has 0 radical (unpaired) electrons. The van der Waals surface area contributed by atoms with Crippen LogP contribution in [0.1, 0.15) is 31.9 Å². The lowest BCUT2D eigenvalue weighted by molar-refractivity contribution is 0.480. The first kappa shape index (κ1) is 12.0. The third kappa shape index (κ3) is 1.91. The predicted molar refractivity (Wildman–Crippen MR) is 76.5 cm³/mol. The largest absolute Gasteiger partial charge is 0.352 e. The molecular formula is C13H20N4S. The molecule has 1 saturated heterocycles. The topological polar surface area (TPSA) is 46.6 Å². The normalized spacial score (nSPS) is 20.8. The Labute approximate surface area is 111 Å². The molecule has 2 aromatic heterocycles. The molecule has 3 heterocycles. The maximum atomic E-state index is 5.76. The van der Waals surface area contributed by atoms with Gasteiger partial charge in [0.05, 0.1) is 5.69 Å². The summed E-state index contributed by atoms with van der Waals surface area (Å²) in [5, 5.41) is 2.09. The summed E-state index contributed by atoms with van der Waals surface area (Å²) in [6.45, 7) is 4.11. The summed E-state index contributed by atoms with van der Waals surface area (Å²) in [5.41, 5.74) is 7.04. The maximum Gasteiger partial charge on any atom is 0.195 e. The molecule has 4 nitrogen and oxygen atoms in total. The van der Waals surface area contributed by atoms with E-state index in [1.807, 2.05) is 0 Å². The van der Waals surface area contributed by atoms with Crippen LogP contribution in [0.3, 0.4) is 0 Å². The summed E-state index contributed by atoms with van der Waals surface area (Å²) in [6, 6.07) is 0.597. The van der Waals surface area contributed by atoms with E-state index in [9.17, 15) is 0 Å². The Morgan fingerprint density at radius 1 is 1.50 bits per heavy atom. The number of thiazole rings is 1. The Balaban J connectivity index is 2.03. The average molecular weight is 264 g/mol. The molecular weight excluding hydrogens is 244 g/mol. The van der Waals surface area contributed by atoms with Crippen LogP contribution in [0.2, 0.25) is 0 Å². The fourth-order valence-electron chi connectivity index (χ4n) is 2.83. The first-order chi connectivity index (χ1) is 8.81. The first-order valence-electron chi connectivity index (χ1n) is 6.72. The number of nitrogens with two attached hydrogens (primary N) is 1. The van der Waals surface area contributed by atoms with Gasteiger partial charge in [0.15, 0.2) is 10.8 Å². The van der Waals surface area contributed by atoms with Gasteiger partial charge in [-0.1, -0.05) is 0 Å². The van der Waals surface area contributed by atoms with Crippen molar-refractivity contribution in [2.75, 3.05) is 18.0 Å². The molecule has 0 spiro atoms. The average Bonchev–Trinajstić information content (AvgIpc) is 2.93. The number of imidazole rings is 1. The summed E-state index contributed by atoms with van der Waals surface area (Å²) in [5.74, 6) is 1.17. The number of fused-ring (bicyclic) bond motifs is 1. The van der Waals surface area contributed by atoms with Crippen LogP contribution < -0.4 is 10.6 Å². The molecule has 0 amide bonds. The number of hydrogen-bond donors (Lipinski definition) is 1. The van der Waals surface area contributed by atoms with E-state index >= 15 is 0 Å². The highest BCUT2D eigenvalue weighted by Gasteiger charge is 2.24. The van der Waals surface area contributed by atoms with Crippen LogP contribution in [0, 0.1) is 0 Å². The van der Waals surface area contributed by atoms with Crippen LogP contribution in [0.4, 0.5) is 5.82 Å². The van der Waals surface area contributed by atoms with E-state index in [0.29, 0.717) is 12.6 Å². The quantitative estimate of drug-likeness (QED) is 0.925. The van der Waals surface area contributed by atoms with Crippen molar-refractivity contribution < 1.29 is 0 Å². The fourth-order valence-corrected chi connectivity index (χ4v) is 3.56. The van der Waals surface area contributed by atoms with Gasteiger partial charge in [0, 0.05) is 30.6 Å². The molecule has 0 bridgehead atoms. The molecule has 1 fully saturated rings. The Morgan fingerprint density at radius 2 is 2.39 bits per heavy atom. The number of piperidine rings is 1. The van der Waals surface area contributed by atoms with Crippen molar-refractivity contribution in [2.45, 2.75) is 38.6 Å². The van der Waals surface area contributed by atoms with E-state index in [2.05, 4.69) is 27.8 Å². The number of aromatic nitrogens is 2. The molecule has 0 saturated carbocycles. The SMILES string of the molecule is CC1CCCCN1c1nc2sccn2c1CCN. The molecule has 2 N–H and O–H groups in total. The maximum absolute atomic E-state index is 5.76. The Morgan fingerprint density at radius 3 is 3.17 bits per heavy atom. The number of hydrogen-bond acceptors (Lipinski definition) is 4. The predicted octanol–water partition coefficient (Wildman–Crippen LogP) is 2.28. The van der Waals surface area contributed by atoms with E-state index < -0.39 is 0 Å². The van der Waals surface area contributed by atoms with Gasteiger partial charge in [-0.3, -0.25) is 4.40 Å². The second kappa shape index (κ2) is 4.90. The zero-order valence-electron chi connectivity index (χ0n) is 10.8. The Kier molecular flexibility index (Phi) is 3.26. The number of rotatable bonds is 3. The summed E-state index contributed by atoms with van der Waals surface area (Å²) in [4.78, 5) is 8.37. The molecule has 0 aromatic carbocycles. The van der Waals surface area contributed by atoms with E-state index in [4.69, 9.17) is 10.7 Å². The molecule has 3 rings (SSSR count). The minimum absolute atomic E-state index is 0.597. The zero-order chi connectivity index (χ0) is 12.5. The van der Waals surface area contributed by atoms with Gasteiger partial charge in [0.2, 0.25) is 0 Å². The van der Waals surface area contributed by atoms with E-state index in [1.165, 1.54) is 30.8 Å². The molecule has 1 aliphatic rings. The van der Waals surface area contributed by atoms with Crippen molar-refractivity contribution in [3.05, 3.63) is 17.3 Å². The minimum Gasteiger partial charge on any atom is -0.352 e. The van der Waals surface area contributed by atoms with Gasteiger partial charge in [-0.05, 0) is 32.7 Å². The highest BCUT2D eigenvalue weighted by atomic mass is 32.1. The Bertz CT molecular complexity index is 530. The molecule has 98 valence electrons. The highest BCUT2D eigenvalue weighted by Crippen LogP contribution is 2.29. The molecule has 18 heavy (non-hydrogen) atoms. The first-order valence-corrected chi connectivity index (χ1v) is 7.60. The molecule has 1 unspecified atom stereocenters. The van der Waals surface area contributed by atoms with Crippen LogP contribution >= 0.6 is 11.3 Å². The third-order valence-corrected chi connectivity index (χ3v) is 4.55. The molecule has 1 atom stereocenters. The van der Waals surface area contributed by atoms with Crippen LogP contribution in [0.5, 0.6) is 0 Å². The number of anilines is 1. The van der Waals surface area contributed by atoms with Crippen molar-refractivity contribution in [1.29, 1.82) is 0 Å². The molecule has 1 aliphatic heterocycles. The summed E-state index contributed by atoms with van der Waals surface area (Å²) >= 11 is 1.70. The van der Waals surface area contributed by atoms with Gasteiger partial charge in [-0.2, -0.15) is 0 Å². The van der Waals surface area contributed by atoms with Crippen molar-refractivity contribution in [3.8, 4) is 0 Å². The lowest BCUT2D eigenvalue weighted by Gasteiger charge is -2.34. The van der Waals surface area contributed by atoms with Crippen LogP contribution in [0.15, 0.2) is 11.6 Å². The Hall–Kier alpha value is -1.07. The van der Waals surface area contributed by atoms with Gasteiger partial charge < -0.3 is 10.6 Å². The van der Waals surface area contributed by atoms with Gasteiger partial charge in [0.1, 0.15) is 0 Å². The second-order valence-corrected chi connectivity index (χ2v) is 5.89. The highest BCUT2D eigenvalue weighted by molar-refractivity contribution is 7.15. The van der Waals surface area contributed by atoms with E-state index in [1.54, 1.807) is 11.3 Å². The zero-order valence-corrected chi connectivity index (χ0v) is 11.6. The van der Waals surface area contributed by atoms with Crippen molar-refractivity contribution in [1.82, 2.24) is 9.38 Å². The lowest BCUT2D eigenvalue weighted by Crippen LogP contribution is -2.38. The standard InChI is InChI=1S/C13H20N4S/c1-10-4-2-3-7-16(10)12-11(5-6-14)17-8-9-18-13(17)15-12/h8-10H,2-7,14H2,1H3. The van der Waals surface area contributed by atoms with E-state index in [-0.39, 0.29) is 0 Å². The van der Waals surface area contributed by atoms with Crippen LogP contribution in [-0.4, -0.2) is 28.5 Å². The van der Waals surface area contributed by atoms with Crippen LogP contribution in [0.25, 0.3) is 4.96 Å². The minimum atomic E-state index is 0.597. The third-order valence-electron chi connectivity index (χ3n) is 3.80. The smallest absolute Gasteiger partial charge is 0.195 e. The molecule has 2 aromatic rings. The van der Waals surface area contributed by atoms with Crippen molar-refractivity contribution >= 4 is 22.1 Å². The lowest BCUT2D eigenvalue weighted by atomic mass is 10.0. The van der Waals surface area contributed by atoms with Gasteiger partial charge in [-0.15, -0.1) is 11.3 Å². The van der Waals surface area contributed by atoms with Crippen molar-refractivity contribution in [2.24, 2.45) is 5.73 Å². The van der Waals surface area contributed by atoms with Gasteiger partial charge >= 0.3 is 0 Å². The fraction of sp³-hybridized carbons (Fsp3) is 0.615. The summed E-state index contributed by atoms with van der Waals surface area (Å²) in [7, 11) is 0. The van der Waals surface area contributed by atoms with Gasteiger partial charge in [0.25, 0.3) is 0 Å². The summed E-state index contributed by atoms with van der Waals surface area (Å²) < 4.78 is 2.20. The van der Waals surface area contributed by atoms with Gasteiger partial charge in [-0.25, -0.2) is 4.98 Å². The van der Waals surface area contributed by atoms with E-state index in [0.717, 1.165) is 17.9 Å². The number of nitrogens with zero attached hydrogens (tertiary/aromatic N) is 3. The second-order valence-electron chi connectivity index (χ2n) is 5.01. The summed E-state index contributed by atoms with van der Waals surface area (Å²) in [6.07, 6.45) is 6.89. The van der Waals surface area contributed by atoms with Crippen molar-refractivity contribution in [3.63, 3.8) is 0 Å². The van der Waals surface area contributed by atoms with Crippen LogP contribution in [-0.2, 0) is 6.42 Å². The monoisotopic (exact) mass is 264 g/mol. The molecule has 5 heteroatoms. The molecule has 0 aliphatic carbocycles.